The molecule has 2 rings (SSSR count). The van der Waals surface area contributed by atoms with E-state index in [-0.39, 0.29) is 6.04 Å². The van der Waals surface area contributed by atoms with Crippen LogP contribution in [0, 0.1) is 11.6 Å². The molecule has 0 atom stereocenters. The van der Waals surface area contributed by atoms with Crippen molar-refractivity contribution < 1.29 is 17.2 Å². The van der Waals surface area contributed by atoms with Crippen molar-refractivity contribution in [2.24, 2.45) is 0 Å². The van der Waals surface area contributed by atoms with Gasteiger partial charge in [0, 0.05) is 13.1 Å². The molecule has 2 N–H and O–H groups in total. The van der Waals surface area contributed by atoms with E-state index in [0.29, 0.717) is 12.8 Å². The number of nitrogens with two attached hydrogens (primary N) is 1. The number of nitrogen functional groups attached to an aromatic ring is 1. The van der Waals surface area contributed by atoms with Gasteiger partial charge in [0.05, 0.1) is 0 Å². The van der Waals surface area contributed by atoms with E-state index >= 15 is 0 Å². The molecule has 0 bridgehead atoms. The highest BCUT2D eigenvalue weighted by Crippen LogP contribution is 2.27. The summed E-state index contributed by atoms with van der Waals surface area (Å²) >= 11 is 0. The number of likely N-dealkylation sites (tertiary alicyclic amines) is 1. The number of hydrogen-bond acceptors (Lipinski definition) is 4. The van der Waals surface area contributed by atoms with Crippen LogP contribution in [0.1, 0.15) is 12.8 Å². The Hall–Kier alpha value is -1.25. The monoisotopic (exact) mass is 319 g/mol. The molecule has 21 heavy (non-hydrogen) atoms. The zero-order valence-corrected chi connectivity index (χ0v) is 12.8. The summed E-state index contributed by atoms with van der Waals surface area (Å²) in [6, 6.07) is 1.59. The molecule has 1 fully saturated rings. The van der Waals surface area contributed by atoms with Crippen molar-refractivity contribution in [3.05, 3.63) is 23.8 Å². The first-order valence-corrected chi connectivity index (χ1v) is 8.09. The van der Waals surface area contributed by atoms with Gasteiger partial charge in [0.15, 0.2) is 5.82 Å². The third kappa shape index (κ3) is 3.02. The molecule has 5 nitrogen and oxygen atoms in total. The van der Waals surface area contributed by atoms with Gasteiger partial charge in [-0.25, -0.2) is 17.2 Å². The SMILES string of the molecule is CN1CCC(N(C)S(=O)(=O)c2ccc(F)c(N)c2F)CC1. The molecule has 118 valence electrons. The highest BCUT2D eigenvalue weighted by Gasteiger charge is 2.32. The lowest BCUT2D eigenvalue weighted by atomic mass is 10.1. The number of hydrogen-bond donors (Lipinski definition) is 1. The lowest BCUT2D eigenvalue weighted by Gasteiger charge is -2.34. The second-order valence-corrected chi connectivity index (χ2v) is 7.29. The van der Waals surface area contributed by atoms with Crippen LogP contribution in [0.3, 0.4) is 0 Å². The molecule has 1 aromatic carbocycles. The van der Waals surface area contributed by atoms with Crippen molar-refractivity contribution >= 4 is 15.7 Å². The summed E-state index contributed by atoms with van der Waals surface area (Å²) in [6.45, 7) is 1.55. The molecule has 8 heteroatoms. The molecule has 1 aliphatic rings. The van der Waals surface area contributed by atoms with Crippen LogP contribution < -0.4 is 5.73 Å². The van der Waals surface area contributed by atoms with Gasteiger partial charge >= 0.3 is 0 Å². The van der Waals surface area contributed by atoms with Crippen LogP contribution in [-0.2, 0) is 10.0 Å². The van der Waals surface area contributed by atoms with Crippen LogP contribution in [-0.4, -0.2) is 50.8 Å². The smallest absolute Gasteiger partial charge is 0.246 e. The van der Waals surface area contributed by atoms with Gasteiger partial charge in [-0.15, -0.1) is 0 Å². The Morgan fingerprint density at radius 3 is 2.43 bits per heavy atom. The van der Waals surface area contributed by atoms with Gasteiger partial charge in [-0.05, 0) is 45.1 Å². The van der Waals surface area contributed by atoms with Crippen molar-refractivity contribution in [3.63, 3.8) is 0 Å². The van der Waals surface area contributed by atoms with Crippen molar-refractivity contribution in [3.8, 4) is 0 Å². The van der Waals surface area contributed by atoms with E-state index in [4.69, 9.17) is 5.73 Å². The highest BCUT2D eigenvalue weighted by atomic mass is 32.2. The van der Waals surface area contributed by atoms with E-state index in [0.717, 1.165) is 29.5 Å². The zero-order chi connectivity index (χ0) is 15.8. The minimum absolute atomic E-state index is 0.197. The van der Waals surface area contributed by atoms with Gasteiger partial charge in [0.2, 0.25) is 10.0 Å². The van der Waals surface area contributed by atoms with E-state index in [2.05, 4.69) is 4.90 Å². The van der Waals surface area contributed by atoms with E-state index in [1.165, 1.54) is 7.05 Å². The Bertz CT molecular complexity index is 629. The maximum absolute atomic E-state index is 14.0. The Kier molecular flexibility index (Phi) is 4.50. The number of benzene rings is 1. The van der Waals surface area contributed by atoms with Crippen molar-refractivity contribution in [1.29, 1.82) is 0 Å². The molecule has 1 heterocycles. The third-order valence-electron chi connectivity index (χ3n) is 3.95. The molecule has 0 unspecified atom stereocenters. The second kappa shape index (κ2) is 5.86. The predicted octanol–water partition coefficient (Wildman–Crippen LogP) is 1.26. The van der Waals surface area contributed by atoms with Crippen LogP contribution >= 0.6 is 0 Å². The first kappa shape index (κ1) is 16.1. The predicted molar refractivity (Wildman–Crippen MR) is 76.2 cm³/mol. The fourth-order valence-electron chi connectivity index (χ4n) is 2.46. The molecule has 1 aliphatic heterocycles. The topological polar surface area (TPSA) is 66.6 Å². The number of piperidine rings is 1. The van der Waals surface area contributed by atoms with Gasteiger partial charge in [-0.1, -0.05) is 0 Å². The molecular formula is C13H19F2N3O2S. The normalized spacial score (nSPS) is 18.3. The minimum Gasteiger partial charge on any atom is -0.394 e. The quantitative estimate of drug-likeness (QED) is 0.852. The molecule has 0 aromatic heterocycles. The average molecular weight is 319 g/mol. The maximum Gasteiger partial charge on any atom is 0.246 e. The maximum atomic E-state index is 14.0. The Labute approximate surface area is 123 Å². The molecule has 0 spiro atoms. The first-order valence-electron chi connectivity index (χ1n) is 6.65. The third-order valence-corrected chi connectivity index (χ3v) is 5.88. The van der Waals surface area contributed by atoms with E-state index < -0.39 is 32.2 Å². The van der Waals surface area contributed by atoms with E-state index in [9.17, 15) is 17.2 Å². The van der Waals surface area contributed by atoms with Gasteiger partial charge in [-0.3, -0.25) is 0 Å². The summed E-state index contributed by atoms with van der Waals surface area (Å²) in [5.74, 6) is -2.19. The van der Waals surface area contributed by atoms with Crippen LogP contribution in [0.5, 0.6) is 0 Å². The summed E-state index contributed by atoms with van der Waals surface area (Å²) in [5, 5.41) is 0. The summed E-state index contributed by atoms with van der Waals surface area (Å²) < 4.78 is 53.3. The van der Waals surface area contributed by atoms with Crippen molar-refractivity contribution in [1.82, 2.24) is 9.21 Å². The van der Waals surface area contributed by atoms with Crippen LogP contribution in [0.25, 0.3) is 0 Å². The van der Waals surface area contributed by atoms with Gasteiger partial charge in [-0.2, -0.15) is 4.31 Å². The molecule has 0 radical (unpaired) electrons. The fourth-order valence-corrected chi connectivity index (χ4v) is 3.95. The van der Waals surface area contributed by atoms with Gasteiger partial charge < -0.3 is 10.6 Å². The largest absolute Gasteiger partial charge is 0.394 e. The fraction of sp³-hybridized carbons (Fsp3) is 0.538. The van der Waals surface area contributed by atoms with Crippen molar-refractivity contribution in [2.75, 3.05) is 32.9 Å². The van der Waals surface area contributed by atoms with E-state index in [1.807, 2.05) is 7.05 Å². The second-order valence-electron chi connectivity index (χ2n) is 5.33. The molecule has 0 amide bonds. The standard InChI is InChI=1S/C13H19F2N3O2S/c1-17-7-5-9(6-8-17)18(2)21(19,20)11-4-3-10(14)13(16)12(11)15/h3-4,9H,5-8,16H2,1-2H3. The number of sulfonamides is 1. The number of nitrogens with zero attached hydrogens (tertiary/aromatic N) is 2. The molecule has 1 saturated heterocycles. The highest BCUT2D eigenvalue weighted by molar-refractivity contribution is 7.89. The lowest BCUT2D eigenvalue weighted by molar-refractivity contribution is 0.197. The van der Waals surface area contributed by atoms with Crippen LogP contribution in [0.4, 0.5) is 14.5 Å². The Balaban J connectivity index is 2.32. The molecule has 1 aromatic rings. The zero-order valence-electron chi connectivity index (χ0n) is 12.0. The minimum atomic E-state index is -4.03. The lowest BCUT2D eigenvalue weighted by Crippen LogP contribution is -2.44. The summed E-state index contributed by atoms with van der Waals surface area (Å²) in [5.41, 5.74) is 4.47. The van der Waals surface area contributed by atoms with Gasteiger partial charge in [0.1, 0.15) is 16.4 Å². The van der Waals surface area contributed by atoms with E-state index in [1.54, 1.807) is 0 Å². The Morgan fingerprint density at radius 1 is 1.29 bits per heavy atom. The number of anilines is 1. The first-order chi connectivity index (χ1) is 9.75. The Morgan fingerprint density at radius 2 is 1.86 bits per heavy atom. The molecular weight excluding hydrogens is 300 g/mol. The van der Waals surface area contributed by atoms with Crippen LogP contribution in [0.2, 0.25) is 0 Å². The summed E-state index contributed by atoms with van der Waals surface area (Å²) in [4.78, 5) is 1.52. The van der Waals surface area contributed by atoms with Crippen molar-refractivity contribution in [2.45, 2.75) is 23.8 Å². The average Bonchev–Trinajstić information content (AvgIpc) is 2.44. The molecule has 0 saturated carbocycles. The molecule has 0 aliphatic carbocycles. The number of rotatable bonds is 3. The summed E-state index contributed by atoms with van der Waals surface area (Å²) in [6.07, 6.45) is 1.34. The number of halogens is 2. The van der Waals surface area contributed by atoms with Crippen LogP contribution in [0.15, 0.2) is 17.0 Å². The van der Waals surface area contributed by atoms with Gasteiger partial charge in [0.25, 0.3) is 0 Å². The summed E-state index contributed by atoms with van der Waals surface area (Å²) in [7, 11) is -0.649.